The Hall–Kier alpha value is -1.98. The highest BCUT2D eigenvalue weighted by molar-refractivity contribution is 7.97. The summed E-state index contributed by atoms with van der Waals surface area (Å²) in [5.74, 6) is 1.53. The van der Waals surface area contributed by atoms with Crippen LogP contribution in [0, 0.1) is 0 Å². The van der Waals surface area contributed by atoms with Crippen molar-refractivity contribution in [3.8, 4) is 0 Å². The number of hydrogen-bond acceptors (Lipinski definition) is 3. The summed E-state index contributed by atoms with van der Waals surface area (Å²) in [7, 11) is 0. The highest BCUT2D eigenvalue weighted by Gasteiger charge is 2.13. The average molecular weight is 346 g/mol. The maximum Gasteiger partial charge on any atom is 0.244 e. The minimum absolute atomic E-state index is 0.122. The number of carbonyl (C=O) groups excluding carboxylic acids is 1. The van der Waals surface area contributed by atoms with Crippen molar-refractivity contribution < 1.29 is 4.79 Å². The van der Waals surface area contributed by atoms with Gasteiger partial charge in [0, 0.05) is 0 Å². The van der Waals surface area contributed by atoms with Crippen LogP contribution in [0.5, 0.6) is 0 Å². The van der Waals surface area contributed by atoms with Crippen LogP contribution in [-0.2, 0) is 17.1 Å². The van der Waals surface area contributed by atoms with Gasteiger partial charge in [-0.2, -0.15) is 11.8 Å². The summed E-state index contributed by atoms with van der Waals surface area (Å²) >= 11 is 7.77. The fourth-order valence-corrected chi connectivity index (χ4v) is 3.10. The van der Waals surface area contributed by atoms with Gasteiger partial charge in [0.05, 0.1) is 27.5 Å². The molecule has 0 aliphatic rings. The minimum Gasteiger partial charge on any atom is -0.323 e. The maximum atomic E-state index is 12.4. The van der Waals surface area contributed by atoms with E-state index in [-0.39, 0.29) is 12.5 Å². The van der Waals surface area contributed by atoms with Crippen molar-refractivity contribution in [2.75, 3.05) is 11.6 Å². The molecule has 0 fully saturated rings. The largest absolute Gasteiger partial charge is 0.323 e. The number of benzene rings is 2. The molecule has 3 rings (SSSR count). The standard InChI is InChI=1S/C17H16ClN3OS/c1-23-11-16-19-14-8-4-5-9-15(14)21(16)10-17(22)20-13-7-3-2-6-12(13)18/h2-9H,10-11H2,1H3,(H,20,22). The number of anilines is 1. The molecule has 23 heavy (non-hydrogen) atoms. The van der Waals surface area contributed by atoms with E-state index in [1.165, 1.54) is 0 Å². The molecule has 2 aromatic carbocycles. The number of rotatable bonds is 5. The van der Waals surface area contributed by atoms with Crippen molar-refractivity contribution in [3.63, 3.8) is 0 Å². The highest BCUT2D eigenvalue weighted by Crippen LogP contribution is 2.22. The SMILES string of the molecule is CSCc1nc2ccccc2n1CC(=O)Nc1ccccc1Cl. The van der Waals surface area contributed by atoms with Crippen LogP contribution in [0.15, 0.2) is 48.5 Å². The van der Waals surface area contributed by atoms with Crippen LogP contribution in [0.2, 0.25) is 5.02 Å². The molecule has 0 aliphatic heterocycles. The molecule has 1 amide bonds. The van der Waals surface area contributed by atoms with E-state index in [1.807, 2.05) is 47.2 Å². The molecule has 0 saturated heterocycles. The molecular formula is C17H16ClN3OS. The lowest BCUT2D eigenvalue weighted by Crippen LogP contribution is -2.20. The Morgan fingerprint density at radius 1 is 1.22 bits per heavy atom. The molecule has 4 nitrogen and oxygen atoms in total. The van der Waals surface area contributed by atoms with Gasteiger partial charge in [0.1, 0.15) is 12.4 Å². The van der Waals surface area contributed by atoms with Crippen LogP contribution in [0.25, 0.3) is 11.0 Å². The Bertz CT molecular complexity index is 847. The number of nitrogens with one attached hydrogen (secondary N) is 1. The zero-order valence-electron chi connectivity index (χ0n) is 12.6. The minimum atomic E-state index is -0.122. The van der Waals surface area contributed by atoms with E-state index in [2.05, 4.69) is 10.3 Å². The number of aromatic nitrogens is 2. The van der Waals surface area contributed by atoms with Crippen molar-refractivity contribution in [2.24, 2.45) is 0 Å². The number of para-hydroxylation sites is 3. The quantitative estimate of drug-likeness (QED) is 0.754. The van der Waals surface area contributed by atoms with Crippen LogP contribution in [0.4, 0.5) is 5.69 Å². The molecule has 0 radical (unpaired) electrons. The summed E-state index contributed by atoms with van der Waals surface area (Å²) in [5, 5.41) is 3.38. The van der Waals surface area contributed by atoms with Crippen LogP contribution in [0.3, 0.4) is 0 Å². The number of thioether (sulfide) groups is 1. The van der Waals surface area contributed by atoms with Gasteiger partial charge in [-0.1, -0.05) is 35.9 Å². The lowest BCUT2D eigenvalue weighted by atomic mass is 10.3. The molecule has 0 bridgehead atoms. The zero-order valence-corrected chi connectivity index (χ0v) is 14.2. The van der Waals surface area contributed by atoms with Crippen LogP contribution in [-0.4, -0.2) is 21.7 Å². The Morgan fingerprint density at radius 2 is 1.96 bits per heavy atom. The van der Waals surface area contributed by atoms with E-state index in [4.69, 9.17) is 11.6 Å². The Morgan fingerprint density at radius 3 is 2.74 bits per heavy atom. The van der Waals surface area contributed by atoms with Crippen molar-refractivity contribution >= 4 is 46.0 Å². The summed E-state index contributed by atoms with van der Waals surface area (Å²) in [5.41, 5.74) is 2.49. The topological polar surface area (TPSA) is 46.9 Å². The predicted molar refractivity (Wildman–Crippen MR) is 97.0 cm³/mol. The number of amides is 1. The predicted octanol–water partition coefficient (Wildman–Crippen LogP) is 4.19. The summed E-state index contributed by atoms with van der Waals surface area (Å²) < 4.78 is 1.96. The lowest BCUT2D eigenvalue weighted by Gasteiger charge is -2.10. The van der Waals surface area contributed by atoms with Gasteiger partial charge in [0.15, 0.2) is 0 Å². The second kappa shape index (κ2) is 7.06. The van der Waals surface area contributed by atoms with Gasteiger partial charge in [-0.3, -0.25) is 4.79 Å². The van der Waals surface area contributed by atoms with Gasteiger partial charge < -0.3 is 9.88 Å². The Balaban J connectivity index is 1.87. The third kappa shape index (κ3) is 3.51. The van der Waals surface area contributed by atoms with E-state index < -0.39 is 0 Å². The molecule has 0 saturated carbocycles. The molecule has 118 valence electrons. The smallest absolute Gasteiger partial charge is 0.244 e. The second-order valence-electron chi connectivity index (χ2n) is 5.06. The van der Waals surface area contributed by atoms with E-state index in [9.17, 15) is 4.79 Å². The maximum absolute atomic E-state index is 12.4. The van der Waals surface area contributed by atoms with Crippen LogP contribution in [0.1, 0.15) is 5.82 Å². The molecule has 1 N–H and O–H groups in total. The fraction of sp³-hybridized carbons (Fsp3) is 0.176. The van der Waals surface area contributed by atoms with Crippen LogP contribution < -0.4 is 5.32 Å². The number of fused-ring (bicyclic) bond motifs is 1. The second-order valence-corrected chi connectivity index (χ2v) is 6.34. The first kappa shape index (κ1) is 15.9. The van der Waals surface area contributed by atoms with Gasteiger partial charge in [-0.25, -0.2) is 4.98 Å². The Labute approximate surface area is 143 Å². The summed E-state index contributed by atoms with van der Waals surface area (Å²) in [6.07, 6.45) is 2.02. The molecule has 0 atom stereocenters. The van der Waals surface area contributed by atoms with Crippen molar-refractivity contribution in [2.45, 2.75) is 12.3 Å². The van der Waals surface area contributed by atoms with Gasteiger partial charge in [0.2, 0.25) is 5.91 Å². The number of hydrogen-bond donors (Lipinski definition) is 1. The molecule has 1 aromatic heterocycles. The van der Waals surface area contributed by atoms with E-state index in [1.54, 1.807) is 23.9 Å². The molecule has 0 aliphatic carbocycles. The van der Waals surface area contributed by atoms with Crippen molar-refractivity contribution in [3.05, 3.63) is 59.4 Å². The summed E-state index contributed by atoms with van der Waals surface area (Å²) in [6, 6.07) is 15.1. The third-order valence-corrected chi connectivity index (χ3v) is 4.33. The number of imidazole rings is 1. The summed E-state index contributed by atoms with van der Waals surface area (Å²) in [4.78, 5) is 17.0. The van der Waals surface area contributed by atoms with E-state index in [0.29, 0.717) is 10.7 Å². The molecular weight excluding hydrogens is 330 g/mol. The highest BCUT2D eigenvalue weighted by atomic mass is 35.5. The average Bonchev–Trinajstić information content (AvgIpc) is 2.88. The third-order valence-electron chi connectivity index (χ3n) is 3.46. The van der Waals surface area contributed by atoms with E-state index >= 15 is 0 Å². The number of carbonyl (C=O) groups is 1. The number of halogens is 1. The first-order valence-corrected chi connectivity index (χ1v) is 8.93. The molecule has 0 unspecified atom stereocenters. The molecule has 0 spiro atoms. The first-order valence-electron chi connectivity index (χ1n) is 7.16. The normalized spacial score (nSPS) is 10.9. The summed E-state index contributed by atoms with van der Waals surface area (Å²) in [6.45, 7) is 0.210. The Kier molecular flexibility index (Phi) is 4.88. The van der Waals surface area contributed by atoms with Gasteiger partial charge in [-0.05, 0) is 30.5 Å². The van der Waals surface area contributed by atoms with Gasteiger partial charge in [0.25, 0.3) is 0 Å². The lowest BCUT2D eigenvalue weighted by molar-refractivity contribution is -0.116. The zero-order chi connectivity index (χ0) is 16.2. The fourth-order valence-electron chi connectivity index (χ4n) is 2.44. The van der Waals surface area contributed by atoms with Crippen molar-refractivity contribution in [1.29, 1.82) is 0 Å². The van der Waals surface area contributed by atoms with Gasteiger partial charge in [-0.15, -0.1) is 0 Å². The van der Waals surface area contributed by atoms with E-state index in [0.717, 1.165) is 22.6 Å². The van der Waals surface area contributed by atoms with Crippen molar-refractivity contribution in [1.82, 2.24) is 9.55 Å². The van der Waals surface area contributed by atoms with Crippen LogP contribution >= 0.6 is 23.4 Å². The molecule has 3 aromatic rings. The monoisotopic (exact) mass is 345 g/mol. The number of nitrogens with zero attached hydrogens (tertiary/aromatic N) is 2. The first-order chi connectivity index (χ1) is 11.2. The molecule has 6 heteroatoms. The molecule has 1 heterocycles. The van der Waals surface area contributed by atoms with Gasteiger partial charge >= 0.3 is 0 Å².